The summed E-state index contributed by atoms with van der Waals surface area (Å²) in [6.07, 6.45) is -0.523. The third-order valence-electron chi connectivity index (χ3n) is 7.12. The highest BCUT2D eigenvalue weighted by Gasteiger charge is 2.42. The SMILES string of the molecule is Cc1ccccc1NC(=O)C(=O)N/N=C1/C[C@H](C(=O)OCC(C)C)/C(=N\NC(=O)C(=O)Nc2ccccc2C)C[C@@H]1C(=O)OCC(C)C. The van der Waals surface area contributed by atoms with Gasteiger partial charge < -0.3 is 20.1 Å². The Kier molecular flexibility index (Phi) is 13.5. The molecule has 1 fully saturated rings. The minimum Gasteiger partial charge on any atom is -0.465 e. The molecule has 2 aromatic rings. The van der Waals surface area contributed by atoms with Crippen LogP contribution in [0.25, 0.3) is 0 Å². The Balaban J connectivity index is 1.88. The van der Waals surface area contributed by atoms with Crippen molar-refractivity contribution in [3.8, 4) is 0 Å². The smallest absolute Gasteiger partial charge is 0.329 e. The quantitative estimate of drug-likeness (QED) is 0.169. The van der Waals surface area contributed by atoms with Gasteiger partial charge in [-0.25, -0.2) is 10.9 Å². The second-order valence-corrected chi connectivity index (χ2v) is 12.2. The molecule has 4 amide bonds. The highest BCUT2D eigenvalue weighted by Crippen LogP contribution is 2.28. The summed E-state index contributed by atoms with van der Waals surface area (Å²) in [4.78, 5) is 77.1. The minimum atomic E-state index is -1.14. The molecule has 14 heteroatoms. The Labute approximate surface area is 279 Å². The van der Waals surface area contributed by atoms with Crippen molar-refractivity contribution in [2.24, 2.45) is 33.9 Å². The minimum absolute atomic E-state index is 0.000667. The van der Waals surface area contributed by atoms with Crippen LogP contribution in [0.5, 0.6) is 0 Å². The van der Waals surface area contributed by atoms with E-state index in [0.29, 0.717) is 11.4 Å². The van der Waals surface area contributed by atoms with Gasteiger partial charge in [0.1, 0.15) is 11.8 Å². The van der Waals surface area contributed by atoms with E-state index >= 15 is 0 Å². The molecule has 0 aromatic heterocycles. The first kappa shape index (κ1) is 37.1. The molecule has 0 aliphatic heterocycles. The van der Waals surface area contributed by atoms with Crippen LogP contribution in [0.2, 0.25) is 0 Å². The summed E-state index contributed by atoms with van der Waals surface area (Å²) in [5, 5.41) is 13.2. The summed E-state index contributed by atoms with van der Waals surface area (Å²) < 4.78 is 10.9. The number of esters is 2. The van der Waals surface area contributed by atoms with Crippen LogP contribution < -0.4 is 21.5 Å². The molecule has 1 aliphatic carbocycles. The van der Waals surface area contributed by atoms with Gasteiger partial charge >= 0.3 is 35.6 Å². The summed E-state index contributed by atoms with van der Waals surface area (Å²) in [6, 6.07) is 13.8. The van der Waals surface area contributed by atoms with E-state index in [4.69, 9.17) is 9.47 Å². The molecule has 4 N–H and O–H groups in total. The average molecular weight is 663 g/mol. The first-order chi connectivity index (χ1) is 22.8. The Morgan fingerprint density at radius 1 is 0.625 bits per heavy atom. The molecule has 2 aromatic carbocycles. The summed E-state index contributed by atoms with van der Waals surface area (Å²) in [7, 11) is 0. The van der Waals surface area contributed by atoms with Crippen molar-refractivity contribution in [1.29, 1.82) is 0 Å². The molecule has 0 spiro atoms. The molecule has 3 rings (SSSR count). The first-order valence-electron chi connectivity index (χ1n) is 15.6. The van der Waals surface area contributed by atoms with E-state index < -0.39 is 47.4 Å². The third kappa shape index (κ3) is 10.9. The van der Waals surface area contributed by atoms with E-state index in [1.165, 1.54) is 0 Å². The number of aryl methyl sites for hydroxylation is 2. The maximum Gasteiger partial charge on any atom is 0.329 e. The Morgan fingerprint density at radius 2 is 0.979 bits per heavy atom. The van der Waals surface area contributed by atoms with Crippen molar-refractivity contribution >= 4 is 58.4 Å². The van der Waals surface area contributed by atoms with Crippen LogP contribution in [-0.2, 0) is 38.2 Å². The van der Waals surface area contributed by atoms with Gasteiger partial charge in [0.25, 0.3) is 0 Å². The zero-order valence-corrected chi connectivity index (χ0v) is 27.9. The van der Waals surface area contributed by atoms with Gasteiger partial charge in [-0.3, -0.25) is 28.8 Å². The molecule has 0 radical (unpaired) electrons. The Hall–Kier alpha value is -5.40. The monoisotopic (exact) mass is 662 g/mol. The summed E-state index contributed by atoms with van der Waals surface area (Å²) >= 11 is 0. The summed E-state index contributed by atoms with van der Waals surface area (Å²) in [5.41, 5.74) is 6.76. The van der Waals surface area contributed by atoms with Crippen molar-refractivity contribution < 1.29 is 38.2 Å². The number of benzene rings is 2. The third-order valence-corrected chi connectivity index (χ3v) is 7.12. The number of para-hydroxylation sites is 2. The van der Waals surface area contributed by atoms with Crippen LogP contribution >= 0.6 is 0 Å². The zero-order chi connectivity index (χ0) is 35.4. The van der Waals surface area contributed by atoms with Crippen molar-refractivity contribution in [3.63, 3.8) is 0 Å². The van der Waals surface area contributed by atoms with Gasteiger partial charge in [-0.1, -0.05) is 64.1 Å². The number of hydrazone groups is 2. The molecule has 14 nitrogen and oxygen atoms in total. The second kappa shape index (κ2) is 17.5. The fraction of sp³-hybridized carbons (Fsp3) is 0.412. The van der Waals surface area contributed by atoms with Crippen LogP contribution in [0.1, 0.15) is 51.7 Å². The fourth-order valence-electron chi connectivity index (χ4n) is 4.45. The van der Waals surface area contributed by atoms with Gasteiger partial charge in [0.2, 0.25) is 0 Å². The molecule has 256 valence electrons. The predicted molar refractivity (Wildman–Crippen MR) is 179 cm³/mol. The molecule has 0 heterocycles. The number of ether oxygens (including phenoxy) is 2. The van der Waals surface area contributed by atoms with E-state index in [1.54, 1.807) is 62.4 Å². The highest BCUT2D eigenvalue weighted by molar-refractivity contribution is 6.40. The lowest BCUT2D eigenvalue weighted by molar-refractivity contribution is -0.149. The van der Waals surface area contributed by atoms with Crippen LogP contribution in [0, 0.1) is 37.5 Å². The van der Waals surface area contributed by atoms with Gasteiger partial charge in [0.15, 0.2) is 0 Å². The molecule has 0 unspecified atom stereocenters. The molecule has 1 saturated carbocycles. The topological polar surface area (TPSA) is 194 Å². The van der Waals surface area contributed by atoms with Crippen LogP contribution in [-0.4, -0.2) is 60.2 Å². The number of amides is 4. The largest absolute Gasteiger partial charge is 0.465 e. The lowest BCUT2D eigenvalue weighted by Crippen LogP contribution is -2.44. The number of anilines is 2. The zero-order valence-electron chi connectivity index (χ0n) is 27.9. The second-order valence-electron chi connectivity index (χ2n) is 12.2. The molecule has 48 heavy (non-hydrogen) atoms. The van der Waals surface area contributed by atoms with Crippen LogP contribution in [0.4, 0.5) is 11.4 Å². The summed E-state index contributed by atoms with van der Waals surface area (Å²) in [6.45, 7) is 11.1. The number of carbonyl (C=O) groups excluding carboxylic acids is 6. The van der Waals surface area contributed by atoms with Crippen molar-refractivity contribution in [2.75, 3.05) is 23.8 Å². The first-order valence-corrected chi connectivity index (χ1v) is 15.6. The Morgan fingerprint density at radius 3 is 1.31 bits per heavy atom. The average Bonchev–Trinajstić information content (AvgIpc) is 3.05. The molecule has 1 aliphatic rings. The Bertz CT molecular complexity index is 1480. The van der Waals surface area contributed by atoms with E-state index in [1.807, 2.05) is 27.7 Å². The van der Waals surface area contributed by atoms with Crippen molar-refractivity contribution in [1.82, 2.24) is 10.9 Å². The van der Waals surface area contributed by atoms with Gasteiger partial charge in [-0.05, 0) is 48.9 Å². The van der Waals surface area contributed by atoms with Crippen LogP contribution in [0.3, 0.4) is 0 Å². The standard InChI is InChI=1S/C34H42N6O8/c1-19(2)17-47-33(45)23-15-28(38-40-32(44)30(42)36-26-14-10-8-12-22(26)6)24(34(46)48-18-20(3)4)16-27(23)37-39-31(43)29(41)35-25-13-9-7-11-21(25)5/h7-14,19-20,23-24H,15-18H2,1-6H3,(H,35,41)(H,36,42)(H,39,43)(H,40,44)/b37-27-,38-28-/t23-,24-/m0/s1. The number of hydrogen-bond donors (Lipinski definition) is 4. The predicted octanol–water partition coefficient (Wildman–Crippen LogP) is 3.25. The van der Waals surface area contributed by atoms with E-state index in [2.05, 4.69) is 31.7 Å². The van der Waals surface area contributed by atoms with Gasteiger partial charge in [0.05, 0.1) is 24.6 Å². The number of nitrogens with zero attached hydrogens (tertiary/aromatic N) is 2. The van der Waals surface area contributed by atoms with E-state index in [-0.39, 0.29) is 49.3 Å². The van der Waals surface area contributed by atoms with Gasteiger partial charge in [-0.2, -0.15) is 10.2 Å². The summed E-state index contributed by atoms with van der Waals surface area (Å²) in [5.74, 6) is -7.92. The number of nitrogens with one attached hydrogen (secondary N) is 4. The fourth-order valence-corrected chi connectivity index (χ4v) is 4.45. The van der Waals surface area contributed by atoms with Crippen LogP contribution in [0.15, 0.2) is 58.7 Å². The van der Waals surface area contributed by atoms with Gasteiger partial charge in [0, 0.05) is 24.2 Å². The molecule has 0 saturated heterocycles. The maximum absolute atomic E-state index is 13.3. The van der Waals surface area contributed by atoms with Crippen molar-refractivity contribution in [3.05, 3.63) is 59.7 Å². The molecular weight excluding hydrogens is 620 g/mol. The number of hydrogen-bond acceptors (Lipinski definition) is 10. The molecule has 0 bridgehead atoms. The highest BCUT2D eigenvalue weighted by atomic mass is 16.5. The normalized spacial score (nSPS) is 17.5. The van der Waals surface area contributed by atoms with Crippen molar-refractivity contribution in [2.45, 2.75) is 54.4 Å². The maximum atomic E-state index is 13.3. The lowest BCUT2D eigenvalue weighted by atomic mass is 9.78. The van der Waals surface area contributed by atoms with Gasteiger partial charge in [-0.15, -0.1) is 0 Å². The lowest BCUT2D eigenvalue weighted by Gasteiger charge is -2.29. The van der Waals surface area contributed by atoms with E-state index in [0.717, 1.165) is 11.1 Å². The molecular formula is C34H42N6O8. The molecule has 2 atom stereocenters. The number of rotatable bonds is 10. The van der Waals surface area contributed by atoms with E-state index in [9.17, 15) is 28.8 Å². The number of carbonyl (C=O) groups is 6.